The Labute approximate surface area is 177 Å². The molecule has 30 heavy (non-hydrogen) atoms. The van der Waals surface area contributed by atoms with Crippen molar-refractivity contribution in [3.63, 3.8) is 0 Å². The molecule has 1 aromatic heterocycles. The van der Waals surface area contributed by atoms with Gasteiger partial charge >= 0.3 is 0 Å². The average molecular weight is 404 g/mol. The Morgan fingerprint density at radius 3 is 2.77 bits per heavy atom. The maximum atomic E-state index is 12.5. The van der Waals surface area contributed by atoms with Crippen LogP contribution in [-0.2, 0) is 6.54 Å². The third-order valence-corrected chi connectivity index (χ3v) is 5.85. The number of hydrogen-bond acceptors (Lipinski definition) is 4. The molecule has 1 aliphatic rings. The minimum atomic E-state index is -0.164. The molecule has 1 atom stereocenters. The van der Waals surface area contributed by atoms with Crippen LogP contribution in [0, 0.1) is 6.92 Å². The fraction of sp³-hybridized carbons (Fsp3) is 0.375. The van der Waals surface area contributed by atoms with Crippen molar-refractivity contribution in [2.45, 2.75) is 32.2 Å². The summed E-state index contributed by atoms with van der Waals surface area (Å²) in [5.41, 5.74) is 4.16. The van der Waals surface area contributed by atoms with E-state index in [2.05, 4.69) is 69.9 Å². The topological polar surface area (TPSA) is 63.1 Å². The van der Waals surface area contributed by atoms with E-state index >= 15 is 0 Å². The molecule has 1 saturated heterocycles. The number of aryl methyl sites for hydroxylation is 1. The van der Waals surface area contributed by atoms with Crippen molar-refractivity contribution in [3.05, 3.63) is 83.2 Å². The van der Waals surface area contributed by atoms with E-state index in [9.17, 15) is 4.79 Å². The van der Waals surface area contributed by atoms with Gasteiger partial charge in [0.25, 0.3) is 5.91 Å². The maximum absolute atomic E-state index is 12.5. The summed E-state index contributed by atoms with van der Waals surface area (Å²) in [6.07, 6.45) is 4.14. The van der Waals surface area contributed by atoms with Crippen LogP contribution in [0.3, 0.4) is 0 Å². The Hall–Kier alpha value is -2.99. The number of carbonyl (C=O) groups excluding carboxylic acids is 1. The van der Waals surface area contributed by atoms with Gasteiger partial charge in [0, 0.05) is 19.6 Å². The summed E-state index contributed by atoms with van der Waals surface area (Å²) in [5, 5.41) is 11.1. The first-order valence-corrected chi connectivity index (χ1v) is 10.7. The van der Waals surface area contributed by atoms with Crippen LogP contribution in [-0.4, -0.2) is 52.0 Å². The number of aromatic nitrogens is 3. The van der Waals surface area contributed by atoms with Crippen molar-refractivity contribution in [2.75, 3.05) is 26.2 Å². The van der Waals surface area contributed by atoms with Crippen LogP contribution in [0.25, 0.3) is 0 Å². The number of rotatable bonds is 7. The first kappa shape index (κ1) is 20.3. The molecular weight excluding hydrogens is 374 g/mol. The molecular formula is C24H29N5O. The van der Waals surface area contributed by atoms with Gasteiger partial charge in [-0.2, -0.15) is 0 Å². The predicted molar refractivity (Wildman–Crippen MR) is 117 cm³/mol. The summed E-state index contributed by atoms with van der Waals surface area (Å²) in [7, 11) is 0. The molecule has 3 aromatic rings. The molecule has 156 valence electrons. The molecule has 4 rings (SSSR count). The van der Waals surface area contributed by atoms with Crippen molar-refractivity contribution in [1.29, 1.82) is 0 Å². The summed E-state index contributed by atoms with van der Waals surface area (Å²) in [6.45, 7) is 6.29. The number of amides is 1. The Morgan fingerprint density at radius 1 is 1.13 bits per heavy atom. The van der Waals surface area contributed by atoms with Gasteiger partial charge in [-0.1, -0.05) is 59.8 Å². The van der Waals surface area contributed by atoms with E-state index in [-0.39, 0.29) is 5.91 Å². The standard InChI is InChI=1S/C24H29N5O/c1-19-8-5-6-11-21(19)17-29-18-23(26-27-29)24(30)25-13-15-28-14-7-12-22(16-28)20-9-3-2-4-10-20/h2-6,8-11,18,22H,7,12-17H2,1H3,(H,25,30)/t22-/m0/s1. The van der Waals surface area contributed by atoms with Crippen LogP contribution >= 0.6 is 0 Å². The molecule has 0 unspecified atom stereocenters. The number of nitrogens with one attached hydrogen (secondary N) is 1. The highest BCUT2D eigenvalue weighted by Gasteiger charge is 2.21. The highest BCUT2D eigenvalue weighted by Crippen LogP contribution is 2.26. The van der Waals surface area contributed by atoms with E-state index in [0.717, 1.165) is 19.6 Å². The van der Waals surface area contributed by atoms with Gasteiger partial charge in [-0.25, -0.2) is 4.68 Å². The lowest BCUT2D eigenvalue weighted by Gasteiger charge is -2.33. The minimum absolute atomic E-state index is 0.164. The van der Waals surface area contributed by atoms with Crippen molar-refractivity contribution in [1.82, 2.24) is 25.2 Å². The third kappa shape index (κ3) is 5.13. The van der Waals surface area contributed by atoms with Gasteiger partial charge in [0.1, 0.15) is 0 Å². The zero-order valence-electron chi connectivity index (χ0n) is 17.5. The number of piperidine rings is 1. The van der Waals surface area contributed by atoms with Crippen LogP contribution in [0.4, 0.5) is 0 Å². The van der Waals surface area contributed by atoms with Gasteiger partial charge in [0.05, 0.1) is 12.7 Å². The van der Waals surface area contributed by atoms with Crippen molar-refractivity contribution in [3.8, 4) is 0 Å². The number of nitrogens with zero attached hydrogens (tertiary/aromatic N) is 4. The molecule has 1 fully saturated rings. The monoisotopic (exact) mass is 403 g/mol. The SMILES string of the molecule is Cc1ccccc1Cn1cc(C(=O)NCCN2CCC[C@H](c3ccccc3)C2)nn1. The van der Waals surface area contributed by atoms with Gasteiger partial charge in [0.15, 0.2) is 5.69 Å². The molecule has 0 radical (unpaired) electrons. The van der Waals surface area contributed by atoms with Gasteiger partial charge in [-0.05, 0) is 48.9 Å². The molecule has 2 heterocycles. The molecule has 2 aromatic carbocycles. The average Bonchev–Trinajstić information content (AvgIpc) is 3.25. The zero-order valence-corrected chi connectivity index (χ0v) is 17.5. The number of hydrogen-bond donors (Lipinski definition) is 1. The number of likely N-dealkylation sites (tertiary alicyclic amines) is 1. The lowest BCUT2D eigenvalue weighted by atomic mass is 9.91. The molecule has 0 aliphatic carbocycles. The van der Waals surface area contributed by atoms with Gasteiger partial charge in [-0.15, -0.1) is 5.10 Å². The summed E-state index contributed by atoms with van der Waals surface area (Å²) < 4.78 is 1.71. The van der Waals surface area contributed by atoms with Crippen molar-refractivity contribution in [2.24, 2.45) is 0 Å². The van der Waals surface area contributed by atoms with E-state index < -0.39 is 0 Å². The van der Waals surface area contributed by atoms with Crippen LogP contribution in [0.2, 0.25) is 0 Å². The fourth-order valence-electron chi connectivity index (χ4n) is 4.12. The van der Waals surface area contributed by atoms with Crippen molar-refractivity contribution >= 4 is 5.91 Å². The summed E-state index contributed by atoms with van der Waals surface area (Å²) >= 11 is 0. The van der Waals surface area contributed by atoms with E-state index in [0.29, 0.717) is 24.7 Å². The van der Waals surface area contributed by atoms with Gasteiger partial charge in [0.2, 0.25) is 0 Å². The van der Waals surface area contributed by atoms with E-state index in [1.807, 2.05) is 12.1 Å². The second-order valence-electron chi connectivity index (χ2n) is 8.03. The highest BCUT2D eigenvalue weighted by molar-refractivity contribution is 5.91. The molecule has 6 heteroatoms. The molecule has 6 nitrogen and oxygen atoms in total. The fourth-order valence-corrected chi connectivity index (χ4v) is 4.12. The van der Waals surface area contributed by atoms with E-state index in [4.69, 9.17) is 0 Å². The first-order valence-electron chi connectivity index (χ1n) is 10.7. The first-order chi connectivity index (χ1) is 14.7. The van der Waals surface area contributed by atoms with Gasteiger partial charge < -0.3 is 10.2 Å². The van der Waals surface area contributed by atoms with Gasteiger partial charge in [-0.3, -0.25) is 4.79 Å². The minimum Gasteiger partial charge on any atom is -0.349 e. The molecule has 0 saturated carbocycles. The van der Waals surface area contributed by atoms with Crippen LogP contribution < -0.4 is 5.32 Å². The highest BCUT2D eigenvalue weighted by atomic mass is 16.2. The second-order valence-corrected chi connectivity index (χ2v) is 8.03. The maximum Gasteiger partial charge on any atom is 0.273 e. The van der Waals surface area contributed by atoms with Crippen LogP contribution in [0.5, 0.6) is 0 Å². The summed E-state index contributed by atoms with van der Waals surface area (Å²) in [4.78, 5) is 14.9. The van der Waals surface area contributed by atoms with Crippen molar-refractivity contribution < 1.29 is 4.79 Å². The summed E-state index contributed by atoms with van der Waals surface area (Å²) in [6, 6.07) is 18.9. The van der Waals surface area contributed by atoms with Crippen LogP contribution in [0.1, 0.15) is 45.9 Å². The lowest BCUT2D eigenvalue weighted by molar-refractivity contribution is 0.0940. The molecule has 1 aliphatic heterocycles. The lowest BCUT2D eigenvalue weighted by Crippen LogP contribution is -2.40. The Kier molecular flexibility index (Phi) is 6.54. The second kappa shape index (κ2) is 9.67. The molecule has 0 bridgehead atoms. The smallest absolute Gasteiger partial charge is 0.273 e. The molecule has 1 amide bonds. The third-order valence-electron chi connectivity index (χ3n) is 5.85. The van der Waals surface area contributed by atoms with E-state index in [1.54, 1.807) is 10.9 Å². The number of carbonyl (C=O) groups is 1. The van der Waals surface area contributed by atoms with E-state index in [1.165, 1.54) is 29.5 Å². The van der Waals surface area contributed by atoms with Crippen LogP contribution in [0.15, 0.2) is 60.8 Å². The zero-order chi connectivity index (χ0) is 20.8. The number of benzene rings is 2. The normalized spacial score (nSPS) is 17.0. The Morgan fingerprint density at radius 2 is 1.93 bits per heavy atom. The Balaban J connectivity index is 1.25. The summed E-state index contributed by atoms with van der Waals surface area (Å²) in [5.74, 6) is 0.416. The largest absolute Gasteiger partial charge is 0.349 e. The predicted octanol–water partition coefficient (Wildman–Crippen LogP) is 3.24. The quantitative estimate of drug-likeness (QED) is 0.658. The molecule has 0 spiro atoms. The molecule has 1 N–H and O–H groups in total. The Bertz CT molecular complexity index is 968.